The van der Waals surface area contributed by atoms with Crippen LogP contribution in [0.15, 0.2) is 102 Å². The molecule has 0 bridgehead atoms. The maximum Gasteiger partial charge on any atom is 0.209 e. The molecule has 3 aromatic carbocycles. The summed E-state index contributed by atoms with van der Waals surface area (Å²) in [5.41, 5.74) is 2.43. The fraction of sp³-hybridized carbons (Fsp3) is 0. The molecule has 5 rings (SSSR count). The number of carbonyl (C=O) groups is 1. The summed E-state index contributed by atoms with van der Waals surface area (Å²) in [6.07, 6.45) is 1.84. The summed E-state index contributed by atoms with van der Waals surface area (Å²) in [7, 11) is 0. The molecule has 0 aliphatic rings. The summed E-state index contributed by atoms with van der Waals surface area (Å²) < 4.78 is 1.80. The maximum absolute atomic E-state index is 13.4. The van der Waals surface area contributed by atoms with Crippen molar-refractivity contribution in [2.75, 3.05) is 0 Å². The zero-order valence-corrected chi connectivity index (χ0v) is 16.6. The van der Waals surface area contributed by atoms with Crippen LogP contribution in [0.2, 0.25) is 5.02 Å². The second-order valence-corrected chi connectivity index (χ2v) is 7.47. The van der Waals surface area contributed by atoms with Gasteiger partial charge >= 0.3 is 0 Å². The molecular weight excluding hydrogens is 394 g/mol. The Kier molecular flexibility index (Phi) is 4.46. The van der Waals surface area contributed by atoms with Gasteiger partial charge in [-0.3, -0.25) is 9.59 Å². The van der Waals surface area contributed by atoms with Crippen molar-refractivity contribution >= 4 is 33.7 Å². The molecule has 0 fully saturated rings. The van der Waals surface area contributed by atoms with Crippen molar-refractivity contribution in [3.63, 3.8) is 0 Å². The lowest BCUT2D eigenvalue weighted by Gasteiger charge is -2.15. The molecule has 0 unspecified atom stereocenters. The van der Waals surface area contributed by atoms with Gasteiger partial charge in [-0.1, -0.05) is 84.4 Å². The Morgan fingerprint density at radius 1 is 0.800 bits per heavy atom. The maximum atomic E-state index is 13.4. The van der Waals surface area contributed by atoms with E-state index in [1.165, 1.54) is 6.07 Å². The molecule has 0 saturated carbocycles. The molecule has 2 heterocycles. The largest absolute Gasteiger partial charge is 0.312 e. The number of fused-ring (bicyclic) bond motifs is 3. The van der Waals surface area contributed by atoms with Gasteiger partial charge in [0, 0.05) is 33.8 Å². The number of halogens is 1. The summed E-state index contributed by atoms with van der Waals surface area (Å²) in [6, 6.07) is 27.4. The zero-order valence-electron chi connectivity index (χ0n) is 15.9. The first kappa shape index (κ1) is 18.3. The smallest absolute Gasteiger partial charge is 0.209 e. The van der Waals surface area contributed by atoms with Gasteiger partial charge < -0.3 is 4.40 Å². The summed E-state index contributed by atoms with van der Waals surface area (Å²) in [6.45, 7) is 0. The molecule has 0 saturated heterocycles. The van der Waals surface area contributed by atoms with Crippen molar-refractivity contribution in [3.8, 4) is 11.1 Å². The van der Waals surface area contributed by atoms with Gasteiger partial charge in [-0.25, -0.2) is 0 Å². The summed E-state index contributed by atoms with van der Waals surface area (Å²) in [4.78, 5) is 26.6. The molecular formula is C26H16ClNO2. The van der Waals surface area contributed by atoms with E-state index in [0.29, 0.717) is 32.9 Å². The molecule has 30 heavy (non-hydrogen) atoms. The van der Waals surface area contributed by atoms with Crippen LogP contribution in [0.25, 0.3) is 27.4 Å². The van der Waals surface area contributed by atoms with Gasteiger partial charge in [0.1, 0.15) is 0 Å². The van der Waals surface area contributed by atoms with Crippen LogP contribution in [-0.4, -0.2) is 10.2 Å². The molecule has 144 valence electrons. The first-order valence-corrected chi connectivity index (χ1v) is 9.95. The number of pyridine rings is 2. The van der Waals surface area contributed by atoms with E-state index in [-0.39, 0.29) is 11.2 Å². The van der Waals surface area contributed by atoms with Crippen LogP contribution < -0.4 is 5.43 Å². The van der Waals surface area contributed by atoms with Crippen LogP contribution in [0.1, 0.15) is 16.1 Å². The van der Waals surface area contributed by atoms with Gasteiger partial charge in [-0.2, -0.15) is 0 Å². The van der Waals surface area contributed by atoms with Crippen molar-refractivity contribution in [1.82, 2.24) is 4.40 Å². The standard InChI is InChI=1S/C26H16ClNO2/c27-21-13-7-6-12-20(21)24-23(29)16-22(26(30)18-9-2-1-3-10-18)28-15-14-17-8-4-5-11-19(17)25(24)28/h1-16H. The minimum Gasteiger partial charge on any atom is -0.312 e. The summed E-state index contributed by atoms with van der Waals surface area (Å²) >= 11 is 6.47. The molecule has 0 radical (unpaired) electrons. The number of nitrogens with zero attached hydrogens (tertiary/aromatic N) is 1. The monoisotopic (exact) mass is 409 g/mol. The van der Waals surface area contributed by atoms with Crippen molar-refractivity contribution in [1.29, 1.82) is 0 Å². The quantitative estimate of drug-likeness (QED) is 0.270. The molecule has 0 amide bonds. The van der Waals surface area contributed by atoms with Gasteiger partial charge in [-0.15, -0.1) is 0 Å². The van der Waals surface area contributed by atoms with E-state index in [9.17, 15) is 9.59 Å². The molecule has 0 aliphatic heterocycles. The van der Waals surface area contributed by atoms with E-state index in [4.69, 9.17) is 11.6 Å². The molecule has 0 N–H and O–H groups in total. The molecule has 0 aliphatic carbocycles. The minimum atomic E-state index is -0.237. The molecule has 0 spiro atoms. The fourth-order valence-electron chi connectivity index (χ4n) is 3.89. The number of ketones is 1. The number of aromatic nitrogens is 1. The average Bonchev–Trinajstić information content (AvgIpc) is 2.79. The van der Waals surface area contributed by atoms with Crippen molar-refractivity contribution in [3.05, 3.63) is 124 Å². The van der Waals surface area contributed by atoms with Gasteiger partial charge in [0.25, 0.3) is 0 Å². The van der Waals surface area contributed by atoms with Crippen LogP contribution >= 0.6 is 11.6 Å². The SMILES string of the molecule is O=C(c1ccccc1)c1cc(=O)c(-c2ccccc2Cl)c2c3ccccc3ccn12. The van der Waals surface area contributed by atoms with Crippen LogP contribution in [0, 0.1) is 0 Å². The first-order valence-electron chi connectivity index (χ1n) is 9.57. The lowest BCUT2D eigenvalue weighted by atomic mass is 9.98. The lowest BCUT2D eigenvalue weighted by molar-refractivity contribution is 0.103. The van der Waals surface area contributed by atoms with E-state index in [0.717, 1.165) is 10.8 Å². The number of carbonyl (C=O) groups excluding carboxylic acids is 1. The molecule has 0 atom stereocenters. The highest BCUT2D eigenvalue weighted by atomic mass is 35.5. The topological polar surface area (TPSA) is 38.5 Å². The van der Waals surface area contributed by atoms with Crippen LogP contribution in [-0.2, 0) is 0 Å². The lowest BCUT2D eigenvalue weighted by Crippen LogP contribution is -2.17. The third-order valence-electron chi connectivity index (χ3n) is 5.28. The van der Waals surface area contributed by atoms with E-state index < -0.39 is 0 Å². The third kappa shape index (κ3) is 2.92. The Hall–Kier alpha value is -3.69. The molecule has 2 aromatic heterocycles. The minimum absolute atomic E-state index is 0.205. The second-order valence-electron chi connectivity index (χ2n) is 7.07. The number of hydrogen-bond acceptors (Lipinski definition) is 2. The van der Waals surface area contributed by atoms with E-state index in [1.54, 1.807) is 22.6 Å². The van der Waals surface area contributed by atoms with E-state index in [1.807, 2.05) is 72.9 Å². The molecule has 3 nitrogen and oxygen atoms in total. The van der Waals surface area contributed by atoms with Gasteiger partial charge in [0.15, 0.2) is 5.43 Å². The van der Waals surface area contributed by atoms with E-state index >= 15 is 0 Å². The zero-order chi connectivity index (χ0) is 20.7. The van der Waals surface area contributed by atoms with Crippen molar-refractivity contribution < 1.29 is 4.79 Å². The van der Waals surface area contributed by atoms with Crippen LogP contribution in [0.4, 0.5) is 0 Å². The average molecular weight is 410 g/mol. The van der Waals surface area contributed by atoms with E-state index in [2.05, 4.69) is 0 Å². The Labute approximate surface area is 177 Å². The predicted octanol–water partition coefficient (Wildman–Crippen LogP) is 6.00. The Morgan fingerprint density at radius 3 is 2.30 bits per heavy atom. The first-order chi connectivity index (χ1) is 14.6. The number of benzene rings is 3. The van der Waals surface area contributed by atoms with Crippen molar-refractivity contribution in [2.24, 2.45) is 0 Å². The fourth-order valence-corrected chi connectivity index (χ4v) is 4.12. The number of rotatable bonds is 3. The van der Waals surface area contributed by atoms with Gasteiger partial charge in [-0.05, 0) is 17.5 Å². The Morgan fingerprint density at radius 2 is 1.50 bits per heavy atom. The highest BCUT2D eigenvalue weighted by Gasteiger charge is 2.20. The van der Waals surface area contributed by atoms with Crippen molar-refractivity contribution in [2.45, 2.75) is 0 Å². The van der Waals surface area contributed by atoms with Gasteiger partial charge in [0.2, 0.25) is 5.78 Å². The molecule has 5 aromatic rings. The summed E-state index contributed by atoms with van der Waals surface area (Å²) in [5, 5.41) is 2.36. The third-order valence-corrected chi connectivity index (χ3v) is 5.61. The van der Waals surface area contributed by atoms with Gasteiger partial charge in [0.05, 0.1) is 16.8 Å². The highest BCUT2D eigenvalue weighted by Crippen LogP contribution is 2.33. The van der Waals surface area contributed by atoms with Crippen LogP contribution in [0.3, 0.4) is 0 Å². The Balaban J connectivity index is 1.94. The predicted molar refractivity (Wildman–Crippen MR) is 121 cm³/mol. The highest BCUT2D eigenvalue weighted by molar-refractivity contribution is 6.33. The van der Waals surface area contributed by atoms with Crippen LogP contribution in [0.5, 0.6) is 0 Å². The second kappa shape index (κ2) is 7.29. The number of hydrogen-bond donors (Lipinski definition) is 0. The Bertz CT molecular complexity index is 1490. The normalized spacial score (nSPS) is 11.1. The molecule has 4 heteroatoms. The summed E-state index contributed by atoms with van der Waals surface area (Å²) in [5.74, 6) is -0.205.